The summed E-state index contributed by atoms with van der Waals surface area (Å²) in [4.78, 5) is 0. The molecule has 1 aromatic rings. The molecule has 1 saturated carbocycles. The van der Waals surface area contributed by atoms with Crippen molar-refractivity contribution in [3.63, 3.8) is 0 Å². The van der Waals surface area contributed by atoms with Crippen LogP contribution in [0.5, 0.6) is 0 Å². The largest absolute Gasteiger partial charge is 0.385 e. The highest BCUT2D eigenvalue weighted by Crippen LogP contribution is 2.53. The third-order valence-electron chi connectivity index (χ3n) is 4.21. The predicted octanol–water partition coefficient (Wildman–Crippen LogP) is 3.21. The second-order valence-electron chi connectivity index (χ2n) is 5.33. The van der Waals surface area contributed by atoms with Crippen LogP contribution >= 0.6 is 0 Å². The molecule has 1 aliphatic carbocycles. The van der Waals surface area contributed by atoms with Crippen LogP contribution in [0.15, 0.2) is 30.3 Å². The lowest BCUT2D eigenvalue weighted by Gasteiger charge is -2.22. The van der Waals surface area contributed by atoms with Gasteiger partial charge in [-0.3, -0.25) is 0 Å². The van der Waals surface area contributed by atoms with E-state index in [2.05, 4.69) is 0 Å². The molecule has 1 saturated heterocycles. The number of fused-ring (bicyclic) bond motifs is 1. The van der Waals surface area contributed by atoms with E-state index < -0.39 is 6.10 Å². The molecule has 0 aromatic heterocycles. The first-order valence-electron chi connectivity index (χ1n) is 6.74. The first-order chi connectivity index (χ1) is 8.33. The van der Waals surface area contributed by atoms with E-state index in [1.165, 1.54) is 25.7 Å². The highest BCUT2D eigenvalue weighted by Gasteiger charge is 2.60. The second-order valence-corrected chi connectivity index (χ2v) is 5.33. The van der Waals surface area contributed by atoms with E-state index in [0.29, 0.717) is 0 Å². The van der Waals surface area contributed by atoms with Crippen LogP contribution < -0.4 is 0 Å². The Hall–Kier alpha value is -0.860. The second kappa shape index (κ2) is 4.43. The van der Waals surface area contributed by atoms with Gasteiger partial charge in [0.25, 0.3) is 0 Å². The van der Waals surface area contributed by atoms with Crippen molar-refractivity contribution in [2.24, 2.45) is 0 Å². The Morgan fingerprint density at radius 1 is 1.12 bits per heavy atom. The van der Waals surface area contributed by atoms with Crippen molar-refractivity contribution in [1.29, 1.82) is 0 Å². The Bertz CT molecular complexity index is 376. The number of epoxide rings is 1. The summed E-state index contributed by atoms with van der Waals surface area (Å²) < 4.78 is 5.89. The molecule has 1 heterocycles. The number of aliphatic hydroxyl groups excluding tert-OH is 1. The molecule has 1 N–H and O–H groups in total. The molecule has 0 bridgehead atoms. The maximum Gasteiger partial charge on any atom is 0.125 e. The molecule has 2 fully saturated rings. The van der Waals surface area contributed by atoms with Crippen LogP contribution in [0.4, 0.5) is 0 Å². The monoisotopic (exact) mass is 232 g/mol. The lowest BCUT2D eigenvalue weighted by atomic mass is 9.84. The van der Waals surface area contributed by atoms with Crippen molar-refractivity contribution in [1.82, 2.24) is 0 Å². The summed E-state index contributed by atoms with van der Waals surface area (Å²) in [7, 11) is 0. The van der Waals surface area contributed by atoms with Gasteiger partial charge in [0.1, 0.15) is 11.7 Å². The summed E-state index contributed by atoms with van der Waals surface area (Å²) in [5.41, 5.74) is 0.734. The minimum atomic E-state index is -0.452. The van der Waals surface area contributed by atoms with Gasteiger partial charge < -0.3 is 9.84 Å². The first-order valence-corrected chi connectivity index (χ1v) is 6.74. The average Bonchev–Trinajstić information content (AvgIpc) is 3.03. The van der Waals surface area contributed by atoms with Gasteiger partial charge in [0.05, 0.1) is 6.10 Å². The molecule has 0 spiro atoms. The normalized spacial score (nSPS) is 34.3. The van der Waals surface area contributed by atoms with Crippen LogP contribution in [0.1, 0.15) is 50.2 Å². The van der Waals surface area contributed by atoms with Crippen molar-refractivity contribution in [3.8, 4) is 0 Å². The standard InChI is InChI=1S/C15H20O2/c16-14(12-8-4-3-5-9-12)15-11-7-2-1-6-10-13(15)17-15/h3-5,8-9,13-14,16H,1-2,6-7,10-11H2/t13-,14?,15-/m1/s1. The first kappa shape index (κ1) is 11.2. The van der Waals surface area contributed by atoms with Gasteiger partial charge in [-0.1, -0.05) is 56.0 Å². The quantitative estimate of drug-likeness (QED) is 0.794. The molecule has 0 amide bonds. The van der Waals surface area contributed by atoms with Crippen LogP contribution in [0.25, 0.3) is 0 Å². The molecular weight excluding hydrogens is 212 g/mol. The van der Waals surface area contributed by atoms with Crippen molar-refractivity contribution >= 4 is 0 Å². The van der Waals surface area contributed by atoms with Gasteiger partial charge >= 0.3 is 0 Å². The fourth-order valence-electron chi connectivity index (χ4n) is 3.13. The number of benzene rings is 1. The number of hydrogen-bond acceptors (Lipinski definition) is 2. The lowest BCUT2D eigenvalue weighted by molar-refractivity contribution is 0.0671. The lowest BCUT2D eigenvalue weighted by Crippen LogP contribution is -2.26. The van der Waals surface area contributed by atoms with Crippen LogP contribution in [-0.2, 0) is 4.74 Å². The third-order valence-corrected chi connectivity index (χ3v) is 4.21. The molecule has 0 radical (unpaired) electrons. The third kappa shape index (κ3) is 2.00. The van der Waals surface area contributed by atoms with E-state index in [1.54, 1.807) is 0 Å². The van der Waals surface area contributed by atoms with Gasteiger partial charge in [-0.05, 0) is 18.4 Å². The molecule has 17 heavy (non-hydrogen) atoms. The van der Waals surface area contributed by atoms with Gasteiger partial charge in [-0.25, -0.2) is 0 Å². The molecule has 2 aliphatic rings. The van der Waals surface area contributed by atoms with E-state index in [9.17, 15) is 5.11 Å². The SMILES string of the molecule is OC(c1ccccc1)[C@@]12CCCCCC[C@H]1O2. The summed E-state index contributed by atoms with van der Waals surface area (Å²) in [6.07, 6.45) is 6.98. The average molecular weight is 232 g/mol. The molecule has 3 atom stereocenters. The Labute approximate surface area is 103 Å². The minimum absolute atomic E-state index is 0.262. The summed E-state index contributed by atoms with van der Waals surface area (Å²) >= 11 is 0. The Balaban J connectivity index is 1.79. The number of aliphatic hydroxyl groups is 1. The van der Waals surface area contributed by atoms with Crippen LogP contribution in [-0.4, -0.2) is 16.8 Å². The number of hydrogen-bond donors (Lipinski definition) is 1. The number of rotatable bonds is 2. The topological polar surface area (TPSA) is 32.8 Å². The highest BCUT2D eigenvalue weighted by atomic mass is 16.6. The number of ether oxygens (including phenoxy) is 1. The predicted molar refractivity (Wildman–Crippen MR) is 66.7 cm³/mol. The van der Waals surface area contributed by atoms with Crippen LogP contribution in [0.3, 0.4) is 0 Å². The molecule has 2 nitrogen and oxygen atoms in total. The molecule has 1 aliphatic heterocycles. The highest BCUT2D eigenvalue weighted by molar-refractivity contribution is 5.24. The van der Waals surface area contributed by atoms with E-state index in [4.69, 9.17) is 4.74 Å². The van der Waals surface area contributed by atoms with Crippen molar-refractivity contribution in [2.45, 2.75) is 56.3 Å². The van der Waals surface area contributed by atoms with Gasteiger partial charge in [0.15, 0.2) is 0 Å². The Morgan fingerprint density at radius 3 is 2.71 bits per heavy atom. The maximum absolute atomic E-state index is 10.5. The molecule has 92 valence electrons. The van der Waals surface area contributed by atoms with Crippen LogP contribution in [0, 0.1) is 0 Å². The van der Waals surface area contributed by atoms with Gasteiger partial charge in [-0.15, -0.1) is 0 Å². The van der Waals surface area contributed by atoms with Crippen molar-refractivity contribution < 1.29 is 9.84 Å². The summed E-state index contributed by atoms with van der Waals surface area (Å²) in [6.45, 7) is 0. The van der Waals surface area contributed by atoms with E-state index >= 15 is 0 Å². The molecule has 1 unspecified atom stereocenters. The summed E-state index contributed by atoms with van der Waals surface area (Å²) in [5.74, 6) is 0. The Kier molecular flexibility index (Phi) is 2.93. The molecule has 2 heteroatoms. The smallest absolute Gasteiger partial charge is 0.125 e. The van der Waals surface area contributed by atoms with Gasteiger partial charge in [0, 0.05) is 0 Å². The zero-order chi connectivity index (χ0) is 11.7. The summed E-state index contributed by atoms with van der Waals surface area (Å²) in [6, 6.07) is 9.94. The summed E-state index contributed by atoms with van der Waals surface area (Å²) in [5, 5.41) is 10.5. The van der Waals surface area contributed by atoms with Gasteiger partial charge in [-0.2, -0.15) is 0 Å². The van der Waals surface area contributed by atoms with Crippen molar-refractivity contribution in [3.05, 3.63) is 35.9 Å². The zero-order valence-electron chi connectivity index (χ0n) is 10.1. The zero-order valence-corrected chi connectivity index (χ0v) is 10.1. The molecule has 1 aromatic carbocycles. The van der Waals surface area contributed by atoms with Crippen LogP contribution in [0.2, 0.25) is 0 Å². The maximum atomic E-state index is 10.5. The van der Waals surface area contributed by atoms with E-state index in [1.807, 2.05) is 30.3 Å². The van der Waals surface area contributed by atoms with Gasteiger partial charge in [0.2, 0.25) is 0 Å². The van der Waals surface area contributed by atoms with E-state index in [-0.39, 0.29) is 11.7 Å². The fourth-order valence-corrected chi connectivity index (χ4v) is 3.13. The molecular formula is C15H20O2. The Morgan fingerprint density at radius 2 is 1.88 bits per heavy atom. The van der Waals surface area contributed by atoms with E-state index in [0.717, 1.165) is 18.4 Å². The fraction of sp³-hybridized carbons (Fsp3) is 0.600. The van der Waals surface area contributed by atoms with Crippen molar-refractivity contribution in [2.75, 3.05) is 0 Å². The molecule has 3 rings (SSSR count). The minimum Gasteiger partial charge on any atom is -0.385 e.